The molecule has 1 heterocycles. The fourth-order valence-corrected chi connectivity index (χ4v) is 1.57. The molecule has 4 heteroatoms. The SMILES string of the molecule is CCn1nccc1C(C)(O)CNC(C)(C)C. The molecule has 0 spiro atoms. The van der Waals surface area contributed by atoms with Gasteiger partial charge in [-0.25, -0.2) is 0 Å². The highest BCUT2D eigenvalue weighted by molar-refractivity contribution is 5.11. The molecule has 4 nitrogen and oxygen atoms in total. The zero-order chi connectivity index (χ0) is 12.4. The van der Waals surface area contributed by atoms with E-state index in [1.54, 1.807) is 6.20 Å². The molecular formula is C12H23N3O. The smallest absolute Gasteiger partial charge is 0.116 e. The van der Waals surface area contributed by atoms with Gasteiger partial charge < -0.3 is 10.4 Å². The molecule has 1 aromatic heterocycles. The van der Waals surface area contributed by atoms with Crippen LogP contribution in [0, 0.1) is 0 Å². The lowest BCUT2D eigenvalue weighted by molar-refractivity contribution is 0.0412. The molecule has 0 saturated heterocycles. The van der Waals surface area contributed by atoms with Crippen molar-refractivity contribution in [3.8, 4) is 0 Å². The van der Waals surface area contributed by atoms with Crippen molar-refractivity contribution in [1.29, 1.82) is 0 Å². The third kappa shape index (κ3) is 3.32. The first-order valence-electron chi connectivity index (χ1n) is 5.76. The van der Waals surface area contributed by atoms with Crippen LogP contribution in [-0.2, 0) is 12.1 Å². The molecule has 0 aromatic carbocycles. The van der Waals surface area contributed by atoms with Crippen LogP contribution >= 0.6 is 0 Å². The molecule has 0 aliphatic heterocycles. The van der Waals surface area contributed by atoms with Crippen molar-refractivity contribution in [2.45, 2.75) is 52.3 Å². The third-order valence-corrected chi connectivity index (χ3v) is 2.53. The molecule has 0 aliphatic carbocycles. The van der Waals surface area contributed by atoms with Gasteiger partial charge in [-0.2, -0.15) is 5.10 Å². The fourth-order valence-electron chi connectivity index (χ4n) is 1.57. The Morgan fingerprint density at radius 1 is 1.38 bits per heavy atom. The van der Waals surface area contributed by atoms with Gasteiger partial charge in [0, 0.05) is 24.8 Å². The molecule has 0 amide bonds. The average molecular weight is 225 g/mol. The number of aryl methyl sites for hydroxylation is 1. The predicted octanol–water partition coefficient (Wildman–Crippen LogP) is 1.50. The summed E-state index contributed by atoms with van der Waals surface area (Å²) < 4.78 is 1.82. The lowest BCUT2D eigenvalue weighted by atomic mass is 10.00. The second-order valence-corrected chi connectivity index (χ2v) is 5.41. The van der Waals surface area contributed by atoms with Gasteiger partial charge in [0.2, 0.25) is 0 Å². The Hall–Kier alpha value is -0.870. The molecule has 0 aliphatic rings. The van der Waals surface area contributed by atoms with Gasteiger partial charge in [0.1, 0.15) is 5.60 Å². The highest BCUT2D eigenvalue weighted by atomic mass is 16.3. The van der Waals surface area contributed by atoms with Crippen LogP contribution < -0.4 is 5.32 Å². The van der Waals surface area contributed by atoms with Crippen molar-refractivity contribution in [3.63, 3.8) is 0 Å². The number of nitrogens with zero attached hydrogens (tertiary/aromatic N) is 2. The molecule has 16 heavy (non-hydrogen) atoms. The molecule has 0 bridgehead atoms. The van der Waals surface area contributed by atoms with E-state index in [2.05, 4.69) is 31.2 Å². The number of aliphatic hydroxyl groups is 1. The molecule has 0 saturated carbocycles. The van der Waals surface area contributed by atoms with Crippen molar-refractivity contribution < 1.29 is 5.11 Å². The van der Waals surface area contributed by atoms with Crippen LogP contribution in [0.15, 0.2) is 12.3 Å². The first kappa shape index (κ1) is 13.2. The Morgan fingerprint density at radius 2 is 2.00 bits per heavy atom. The number of aromatic nitrogens is 2. The van der Waals surface area contributed by atoms with E-state index in [-0.39, 0.29) is 5.54 Å². The zero-order valence-corrected chi connectivity index (χ0v) is 10.9. The quantitative estimate of drug-likeness (QED) is 0.816. The van der Waals surface area contributed by atoms with E-state index < -0.39 is 5.60 Å². The maximum Gasteiger partial charge on any atom is 0.116 e. The van der Waals surface area contributed by atoms with Gasteiger partial charge in [-0.1, -0.05) is 0 Å². The number of nitrogens with one attached hydrogen (secondary N) is 1. The maximum absolute atomic E-state index is 10.4. The molecule has 92 valence electrons. The van der Waals surface area contributed by atoms with Crippen LogP contribution in [0.1, 0.15) is 40.3 Å². The summed E-state index contributed by atoms with van der Waals surface area (Å²) in [4.78, 5) is 0. The van der Waals surface area contributed by atoms with Crippen molar-refractivity contribution in [2.75, 3.05) is 6.54 Å². The Bertz CT molecular complexity index is 336. The molecule has 1 atom stereocenters. The van der Waals surface area contributed by atoms with Crippen molar-refractivity contribution in [3.05, 3.63) is 18.0 Å². The fraction of sp³-hybridized carbons (Fsp3) is 0.750. The Kier molecular flexibility index (Phi) is 3.76. The number of β-amino-alcohol motifs (C(OH)–C–C–N with tert-alkyl or cyclic N) is 1. The second kappa shape index (κ2) is 4.55. The summed E-state index contributed by atoms with van der Waals surface area (Å²) in [6, 6.07) is 1.87. The first-order valence-corrected chi connectivity index (χ1v) is 5.76. The molecule has 1 aromatic rings. The normalized spacial score (nSPS) is 16.1. The minimum atomic E-state index is -0.889. The van der Waals surface area contributed by atoms with Gasteiger partial charge >= 0.3 is 0 Å². The number of hydrogen-bond acceptors (Lipinski definition) is 3. The first-order chi connectivity index (χ1) is 7.26. The van der Waals surface area contributed by atoms with Gasteiger partial charge in [-0.3, -0.25) is 4.68 Å². The van der Waals surface area contributed by atoms with Crippen LogP contribution in [0.3, 0.4) is 0 Å². The molecular weight excluding hydrogens is 202 g/mol. The minimum absolute atomic E-state index is 0.00105. The Labute approximate surface area is 97.7 Å². The van der Waals surface area contributed by atoms with E-state index in [0.29, 0.717) is 6.54 Å². The summed E-state index contributed by atoms with van der Waals surface area (Å²) >= 11 is 0. The second-order valence-electron chi connectivity index (χ2n) is 5.41. The monoisotopic (exact) mass is 225 g/mol. The topological polar surface area (TPSA) is 50.1 Å². The standard InChI is InChI=1S/C12H23N3O/c1-6-15-10(7-8-14-15)12(5,16)9-13-11(2,3)4/h7-8,13,16H,6,9H2,1-5H3. The molecule has 1 unspecified atom stereocenters. The van der Waals surface area contributed by atoms with Crippen LogP contribution in [0.5, 0.6) is 0 Å². The summed E-state index contributed by atoms with van der Waals surface area (Å²) in [6.07, 6.45) is 1.73. The maximum atomic E-state index is 10.4. The van der Waals surface area contributed by atoms with E-state index in [9.17, 15) is 5.11 Å². The summed E-state index contributed by atoms with van der Waals surface area (Å²) in [7, 11) is 0. The summed E-state index contributed by atoms with van der Waals surface area (Å²) in [6.45, 7) is 11.4. The summed E-state index contributed by atoms with van der Waals surface area (Å²) in [5.74, 6) is 0. The van der Waals surface area contributed by atoms with E-state index in [0.717, 1.165) is 12.2 Å². The van der Waals surface area contributed by atoms with Gasteiger partial charge in [-0.05, 0) is 40.7 Å². The Balaban J connectivity index is 2.77. The van der Waals surface area contributed by atoms with E-state index in [4.69, 9.17) is 0 Å². The number of rotatable bonds is 4. The van der Waals surface area contributed by atoms with Crippen molar-refractivity contribution in [1.82, 2.24) is 15.1 Å². The Morgan fingerprint density at radius 3 is 2.50 bits per heavy atom. The van der Waals surface area contributed by atoms with Crippen LogP contribution in [-0.4, -0.2) is 27.0 Å². The summed E-state index contributed by atoms with van der Waals surface area (Å²) in [5.41, 5.74) is -0.0346. The molecule has 1 rings (SSSR count). The van der Waals surface area contributed by atoms with Crippen LogP contribution in [0.2, 0.25) is 0 Å². The summed E-state index contributed by atoms with van der Waals surface area (Å²) in [5, 5.41) is 17.9. The van der Waals surface area contributed by atoms with Crippen molar-refractivity contribution >= 4 is 0 Å². The molecule has 0 fully saturated rings. The van der Waals surface area contributed by atoms with Gasteiger partial charge in [-0.15, -0.1) is 0 Å². The van der Waals surface area contributed by atoms with Crippen molar-refractivity contribution in [2.24, 2.45) is 0 Å². The van der Waals surface area contributed by atoms with E-state index in [1.807, 2.05) is 24.6 Å². The van der Waals surface area contributed by atoms with Gasteiger partial charge in [0.25, 0.3) is 0 Å². The van der Waals surface area contributed by atoms with Gasteiger partial charge in [0.05, 0.1) is 5.69 Å². The lowest BCUT2D eigenvalue weighted by Gasteiger charge is -2.29. The highest BCUT2D eigenvalue weighted by Crippen LogP contribution is 2.20. The van der Waals surface area contributed by atoms with E-state index >= 15 is 0 Å². The van der Waals surface area contributed by atoms with Crippen LogP contribution in [0.25, 0.3) is 0 Å². The number of hydrogen-bond donors (Lipinski definition) is 2. The lowest BCUT2D eigenvalue weighted by Crippen LogP contribution is -2.45. The third-order valence-electron chi connectivity index (χ3n) is 2.53. The predicted molar refractivity (Wildman–Crippen MR) is 65.2 cm³/mol. The molecule has 2 N–H and O–H groups in total. The highest BCUT2D eigenvalue weighted by Gasteiger charge is 2.28. The average Bonchev–Trinajstić information content (AvgIpc) is 2.62. The van der Waals surface area contributed by atoms with Crippen LogP contribution in [0.4, 0.5) is 0 Å². The zero-order valence-electron chi connectivity index (χ0n) is 10.9. The minimum Gasteiger partial charge on any atom is -0.383 e. The van der Waals surface area contributed by atoms with E-state index in [1.165, 1.54) is 0 Å². The van der Waals surface area contributed by atoms with Gasteiger partial charge in [0.15, 0.2) is 0 Å². The molecule has 0 radical (unpaired) electrons. The largest absolute Gasteiger partial charge is 0.383 e.